The van der Waals surface area contributed by atoms with Crippen LogP contribution in [0.3, 0.4) is 0 Å². The van der Waals surface area contributed by atoms with E-state index in [1.54, 1.807) is 0 Å². The highest BCUT2D eigenvalue weighted by Crippen LogP contribution is 2.08. The number of allylic oxidation sites excluding steroid dienone is 1. The van der Waals surface area contributed by atoms with Gasteiger partial charge in [-0.05, 0) is 19.3 Å². The van der Waals surface area contributed by atoms with Crippen molar-refractivity contribution in [1.82, 2.24) is 0 Å². The van der Waals surface area contributed by atoms with Crippen LogP contribution in [-0.2, 0) is 19.0 Å². The van der Waals surface area contributed by atoms with Gasteiger partial charge in [-0.1, -0.05) is 38.2 Å². The minimum Gasteiger partial charge on any atom is -0.481 e. The molecule has 0 fully saturated rings. The maximum atomic E-state index is 10.3. The van der Waals surface area contributed by atoms with Gasteiger partial charge in [0, 0.05) is 12.4 Å². The highest BCUT2D eigenvalue weighted by atomic mass is 32.2. The molecule has 0 saturated carbocycles. The third kappa shape index (κ3) is 23.4. The minimum atomic E-state index is -0.785. The minimum absolute atomic E-state index is 0.132. The van der Waals surface area contributed by atoms with Gasteiger partial charge in [-0.3, -0.25) is 4.79 Å². The Kier molecular flexibility index (Phi) is 21.0. The van der Waals surface area contributed by atoms with Crippen LogP contribution in [0.5, 0.6) is 0 Å². The molecule has 6 heteroatoms. The van der Waals surface area contributed by atoms with Crippen LogP contribution < -0.4 is 0 Å². The number of ether oxygens (including phenoxy) is 3. The SMILES string of the molecule is C=CCCCCCCCCCOCCOCCOCCSCC(=O)O. The summed E-state index contributed by atoms with van der Waals surface area (Å²) in [6.07, 6.45) is 12.1. The Balaban J connectivity index is 2.98. The fraction of sp³-hybridized carbons (Fsp3) is 0.842. The van der Waals surface area contributed by atoms with Crippen LogP contribution in [0.25, 0.3) is 0 Å². The van der Waals surface area contributed by atoms with E-state index in [-0.39, 0.29) is 5.75 Å². The van der Waals surface area contributed by atoms with E-state index in [2.05, 4.69) is 6.58 Å². The van der Waals surface area contributed by atoms with Crippen molar-refractivity contribution in [2.75, 3.05) is 51.1 Å². The van der Waals surface area contributed by atoms with E-state index in [1.165, 1.54) is 50.3 Å². The molecule has 0 amide bonds. The average Bonchev–Trinajstić information content (AvgIpc) is 2.60. The van der Waals surface area contributed by atoms with Crippen molar-refractivity contribution in [3.05, 3.63) is 12.7 Å². The molecule has 0 saturated heterocycles. The Morgan fingerprint density at radius 1 is 0.800 bits per heavy atom. The molecule has 1 N–H and O–H groups in total. The number of hydrogen-bond donors (Lipinski definition) is 1. The van der Waals surface area contributed by atoms with Crippen molar-refractivity contribution in [1.29, 1.82) is 0 Å². The number of carbonyl (C=O) groups is 1. The van der Waals surface area contributed by atoms with E-state index in [4.69, 9.17) is 19.3 Å². The second kappa shape index (κ2) is 21.5. The van der Waals surface area contributed by atoms with E-state index in [9.17, 15) is 4.79 Å². The summed E-state index contributed by atoms with van der Waals surface area (Å²) < 4.78 is 16.3. The first kappa shape index (κ1) is 24.4. The predicted molar refractivity (Wildman–Crippen MR) is 105 cm³/mol. The van der Waals surface area contributed by atoms with Crippen molar-refractivity contribution < 1.29 is 24.1 Å². The predicted octanol–water partition coefficient (Wildman–Crippen LogP) is 4.16. The smallest absolute Gasteiger partial charge is 0.313 e. The lowest BCUT2D eigenvalue weighted by Crippen LogP contribution is -2.11. The van der Waals surface area contributed by atoms with Gasteiger partial charge >= 0.3 is 5.97 Å². The van der Waals surface area contributed by atoms with Crippen molar-refractivity contribution >= 4 is 17.7 Å². The number of rotatable bonds is 21. The molecule has 25 heavy (non-hydrogen) atoms. The Morgan fingerprint density at radius 2 is 1.32 bits per heavy atom. The second-order valence-electron chi connectivity index (χ2n) is 5.84. The molecule has 0 rings (SSSR count). The van der Waals surface area contributed by atoms with Crippen LogP contribution in [-0.4, -0.2) is 62.2 Å². The van der Waals surface area contributed by atoms with E-state index in [1.807, 2.05) is 6.08 Å². The summed E-state index contributed by atoms with van der Waals surface area (Å²) in [5, 5.41) is 8.47. The molecule has 0 heterocycles. The molecule has 0 aliphatic heterocycles. The maximum Gasteiger partial charge on any atom is 0.313 e. The third-order valence-electron chi connectivity index (χ3n) is 3.54. The lowest BCUT2D eigenvalue weighted by atomic mass is 10.1. The van der Waals surface area contributed by atoms with Gasteiger partial charge in [0.2, 0.25) is 0 Å². The fourth-order valence-corrected chi connectivity index (χ4v) is 2.75. The zero-order valence-electron chi connectivity index (χ0n) is 15.6. The first-order valence-electron chi connectivity index (χ1n) is 9.41. The van der Waals surface area contributed by atoms with Crippen LogP contribution in [0.4, 0.5) is 0 Å². The van der Waals surface area contributed by atoms with Crippen molar-refractivity contribution in [2.24, 2.45) is 0 Å². The van der Waals surface area contributed by atoms with Crippen LogP contribution in [0, 0.1) is 0 Å². The van der Waals surface area contributed by atoms with Gasteiger partial charge in [-0.2, -0.15) is 0 Å². The summed E-state index contributed by atoms with van der Waals surface area (Å²) in [6.45, 7) is 7.44. The summed E-state index contributed by atoms with van der Waals surface area (Å²) in [5.41, 5.74) is 0. The molecule has 0 atom stereocenters. The normalized spacial score (nSPS) is 10.9. The van der Waals surface area contributed by atoms with Gasteiger partial charge in [-0.25, -0.2) is 0 Å². The number of carboxylic acids is 1. The molecule has 0 bridgehead atoms. The Hall–Kier alpha value is -0.560. The molecular weight excluding hydrogens is 340 g/mol. The van der Waals surface area contributed by atoms with Crippen molar-refractivity contribution in [2.45, 2.75) is 51.4 Å². The zero-order chi connectivity index (χ0) is 18.4. The standard InChI is InChI=1S/C19H36O5S/c1-2-3-4-5-6-7-8-9-10-11-22-12-13-23-14-15-24-16-17-25-18-19(20)21/h2H,1,3-18H2,(H,20,21). The van der Waals surface area contributed by atoms with E-state index < -0.39 is 5.97 Å². The number of hydrogen-bond acceptors (Lipinski definition) is 5. The molecule has 0 aromatic carbocycles. The molecule has 5 nitrogen and oxygen atoms in total. The first-order chi connectivity index (χ1) is 12.3. The van der Waals surface area contributed by atoms with Gasteiger partial charge in [-0.15, -0.1) is 18.3 Å². The van der Waals surface area contributed by atoms with Crippen LogP contribution in [0.15, 0.2) is 12.7 Å². The fourth-order valence-electron chi connectivity index (χ4n) is 2.20. The maximum absolute atomic E-state index is 10.3. The number of thioether (sulfide) groups is 1. The largest absolute Gasteiger partial charge is 0.481 e. The highest BCUT2D eigenvalue weighted by Gasteiger charge is 1.97. The van der Waals surface area contributed by atoms with Gasteiger partial charge in [0.15, 0.2) is 0 Å². The van der Waals surface area contributed by atoms with Gasteiger partial charge in [0.25, 0.3) is 0 Å². The third-order valence-corrected chi connectivity index (χ3v) is 4.44. The first-order valence-corrected chi connectivity index (χ1v) is 10.6. The Labute approximate surface area is 157 Å². The highest BCUT2D eigenvalue weighted by molar-refractivity contribution is 7.99. The molecular formula is C19H36O5S. The van der Waals surface area contributed by atoms with Crippen molar-refractivity contribution in [3.8, 4) is 0 Å². The molecule has 148 valence electrons. The average molecular weight is 377 g/mol. The Bertz CT molecular complexity index is 300. The summed E-state index contributed by atoms with van der Waals surface area (Å²) in [7, 11) is 0. The summed E-state index contributed by atoms with van der Waals surface area (Å²) in [6, 6.07) is 0. The zero-order valence-corrected chi connectivity index (χ0v) is 16.4. The van der Waals surface area contributed by atoms with E-state index in [0.29, 0.717) is 38.8 Å². The Morgan fingerprint density at radius 3 is 1.92 bits per heavy atom. The molecule has 0 spiro atoms. The molecule has 0 unspecified atom stereocenters. The molecule has 0 aliphatic carbocycles. The van der Waals surface area contributed by atoms with Crippen LogP contribution in [0.2, 0.25) is 0 Å². The molecule has 0 aliphatic rings. The summed E-state index contributed by atoms with van der Waals surface area (Å²) >= 11 is 1.36. The lowest BCUT2D eigenvalue weighted by Gasteiger charge is -2.07. The summed E-state index contributed by atoms with van der Waals surface area (Å²) in [5.74, 6) is 0.0459. The van der Waals surface area contributed by atoms with Crippen LogP contribution >= 0.6 is 11.8 Å². The van der Waals surface area contributed by atoms with Crippen LogP contribution in [0.1, 0.15) is 51.4 Å². The van der Waals surface area contributed by atoms with Gasteiger partial charge in [0.05, 0.1) is 38.8 Å². The van der Waals surface area contributed by atoms with Gasteiger partial charge in [0.1, 0.15) is 0 Å². The topological polar surface area (TPSA) is 65.0 Å². The summed E-state index contributed by atoms with van der Waals surface area (Å²) in [4.78, 5) is 10.3. The second-order valence-corrected chi connectivity index (χ2v) is 6.94. The number of aliphatic carboxylic acids is 1. The molecule has 0 radical (unpaired) electrons. The molecule has 0 aromatic heterocycles. The number of unbranched alkanes of at least 4 members (excludes halogenated alkanes) is 7. The molecule has 0 aromatic rings. The number of carboxylic acid groups (broad SMARTS) is 1. The monoisotopic (exact) mass is 376 g/mol. The van der Waals surface area contributed by atoms with E-state index >= 15 is 0 Å². The van der Waals surface area contributed by atoms with Crippen molar-refractivity contribution in [3.63, 3.8) is 0 Å². The van der Waals surface area contributed by atoms with E-state index in [0.717, 1.165) is 19.4 Å². The van der Waals surface area contributed by atoms with Gasteiger partial charge < -0.3 is 19.3 Å². The quantitative estimate of drug-likeness (QED) is 0.240. The lowest BCUT2D eigenvalue weighted by molar-refractivity contribution is -0.133.